The molecule has 1 aromatic carbocycles. The number of halogens is 2. The smallest absolute Gasteiger partial charge is 0.239 e. The molecule has 2 heterocycles. The van der Waals surface area contributed by atoms with Gasteiger partial charge in [0, 0.05) is 44.8 Å². The summed E-state index contributed by atoms with van der Waals surface area (Å²) in [7, 11) is -3.20. The molecule has 210 valence electrons. The highest BCUT2D eigenvalue weighted by molar-refractivity contribution is 7.89. The van der Waals surface area contributed by atoms with Gasteiger partial charge in [-0.1, -0.05) is 42.1 Å². The Kier molecular flexibility index (Phi) is 8.86. The van der Waals surface area contributed by atoms with Gasteiger partial charge < -0.3 is 10.2 Å². The third-order valence-electron chi connectivity index (χ3n) is 8.68. The van der Waals surface area contributed by atoms with Gasteiger partial charge in [-0.3, -0.25) is 19.8 Å². The second-order valence-electron chi connectivity index (χ2n) is 11.0. The van der Waals surface area contributed by atoms with Crippen LogP contribution in [0.4, 0.5) is 0 Å². The first-order valence-corrected chi connectivity index (χ1v) is 15.9. The number of hydrogen-bond donors (Lipinski definition) is 2. The van der Waals surface area contributed by atoms with Gasteiger partial charge in [-0.2, -0.15) is 4.31 Å². The molecule has 4 aliphatic rings. The molecule has 4 fully saturated rings. The number of carbonyl (C=O) groups excluding carboxylic acids is 2. The van der Waals surface area contributed by atoms with E-state index in [1.807, 2.05) is 0 Å². The Morgan fingerprint density at radius 2 is 1.76 bits per heavy atom. The zero-order valence-electron chi connectivity index (χ0n) is 21.6. The molecular formula is C26H37Cl2N5O4S. The van der Waals surface area contributed by atoms with Gasteiger partial charge in [0.2, 0.25) is 21.8 Å². The first-order valence-electron chi connectivity index (χ1n) is 13.7. The van der Waals surface area contributed by atoms with Crippen molar-refractivity contribution in [2.45, 2.75) is 68.8 Å². The predicted molar refractivity (Wildman–Crippen MR) is 147 cm³/mol. The number of hydrogen-bond acceptors (Lipinski definition) is 6. The minimum atomic E-state index is -3.20. The summed E-state index contributed by atoms with van der Waals surface area (Å²) >= 11 is 12.0. The summed E-state index contributed by atoms with van der Waals surface area (Å²) in [4.78, 5) is 30.0. The fourth-order valence-electron chi connectivity index (χ4n) is 6.47. The molecule has 2 saturated heterocycles. The number of rotatable bonds is 7. The van der Waals surface area contributed by atoms with E-state index < -0.39 is 10.0 Å². The first kappa shape index (κ1) is 28.1. The minimum Gasteiger partial charge on any atom is -0.350 e. The molecule has 9 nitrogen and oxygen atoms in total. The van der Waals surface area contributed by atoms with Crippen molar-refractivity contribution in [1.29, 1.82) is 0 Å². The van der Waals surface area contributed by atoms with Crippen LogP contribution >= 0.6 is 23.2 Å². The maximum Gasteiger partial charge on any atom is 0.239 e. The van der Waals surface area contributed by atoms with Crippen LogP contribution in [0, 0.1) is 5.92 Å². The van der Waals surface area contributed by atoms with Gasteiger partial charge in [-0.15, -0.1) is 0 Å². The molecule has 3 atom stereocenters. The van der Waals surface area contributed by atoms with Gasteiger partial charge in [0.15, 0.2) is 0 Å². The maximum absolute atomic E-state index is 13.4. The van der Waals surface area contributed by atoms with Crippen LogP contribution in [-0.2, 0) is 26.2 Å². The predicted octanol–water partition coefficient (Wildman–Crippen LogP) is 2.43. The van der Waals surface area contributed by atoms with Crippen molar-refractivity contribution < 1.29 is 18.0 Å². The third kappa shape index (κ3) is 6.15. The number of benzene rings is 1. The highest BCUT2D eigenvalue weighted by atomic mass is 35.5. The molecule has 0 aromatic heterocycles. The number of nitrogens with one attached hydrogen (secondary N) is 2. The zero-order chi connectivity index (χ0) is 26.9. The third-order valence-corrected chi connectivity index (χ3v) is 11.8. The van der Waals surface area contributed by atoms with E-state index in [4.69, 9.17) is 23.2 Å². The zero-order valence-corrected chi connectivity index (χ0v) is 23.9. The van der Waals surface area contributed by atoms with Crippen molar-refractivity contribution in [3.63, 3.8) is 0 Å². The molecule has 5 rings (SSSR count). The van der Waals surface area contributed by atoms with E-state index in [0.29, 0.717) is 49.4 Å². The molecule has 2 aliphatic heterocycles. The van der Waals surface area contributed by atoms with Gasteiger partial charge in [-0.05, 0) is 49.8 Å². The van der Waals surface area contributed by atoms with Crippen LogP contribution in [0.1, 0.15) is 50.5 Å². The van der Waals surface area contributed by atoms with Gasteiger partial charge in [-0.25, -0.2) is 8.42 Å². The number of piperazine rings is 1. The number of nitrogens with zero attached hydrogens (tertiary/aromatic N) is 3. The second-order valence-corrected chi connectivity index (χ2v) is 14.0. The van der Waals surface area contributed by atoms with Gasteiger partial charge in [0.25, 0.3) is 0 Å². The molecule has 0 bridgehead atoms. The number of amides is 2. The summed E-state index contributed by atoms with van der Waals surface area (Å²) in [5, 5.41) is 7.01. The van der Waals surface area contributed by atoms with E-state index in [9.17, 15) is 18.0 Å². The minimum absolute atomic E-state index is 0.00125. The number of fused-ring (bicyclic) bond motifs is 1. The lowest BCUT2D eigenvalue weighted by atomic mass is 9.79. The average molecular weight is 587 g/mol. The van der Waals surface area contributed by atoms with Crippen LogP contribution in [0.5, 0.6) is 0 Å². The van der Waals surface area contributed by atoms with Crippen molar-refractivity contribution in [1.82, 2.24) is 24.7 Å². The highest BCUT2D eigenvalue weighted by Gasteiger charge is 2.43. The topological polar surface area (TPSA) is 102 Å². The number of carbonyl (C=O) groups is 2. The fraction of sp³-hybridized carbons (Fsp3) is 0.692. The van der Waals surface area contributed by atoms with Crippen molar-refractivity contribution in [2.24, 2.45) is 5.92 Å². The molecule has 38 heavy (non-hydrogen) atoms. The Labute approximate surface area is 235 Å². The molecule has 2 aliphatic carbocycles. The first-order chi connectivity index (χ1) is 18.2. The van der Waals surface area contributed by atoms with Crippen LogP contribution in [-0.4, -0.2) is 91.1 Å². The molecule has 3 unspecified atom stereocenters. The van der Waals surface area contributed by atoms with Crippen molar-refractivity contribution in [3.05, 3.63) is 33.8 Å². The summed E-state index contributed by atoms with van der Waals surface area (Å²) in [5.74, 6) is -0.382. The molecule has 2 amide bonds. The Morgan fingerprint density at radius 1 is 1.03 bits per heavy atom. The van der Waals surface area contributed by atoms with E-state index in [0.717, 1.165) is 50.5 Å². The molecule has 0 spiro atoms. The number of sulfonamides is 1. The Hall–Kier alpha value is -1.43. The summed E-state index contributed by atoms with van der Waals surface area (Å²) in [6.45, 7) is 3.14. The van der Waals surface area contributed by atoms with Gasteiger partial charge >= 0.3 is 0 Å². The lowest BCUT2D eigenvalue weighted by molar-refractivity contribution is -0.146. The molecule has 2 N–H and O–H groups in total. The van der Waals surface area contributed by atoms with E-state index >= 15 is 0 Å². The van der Waals surface area contributed by atoms with Gasteiger partial charge in [0.05, 0.1) is 27.9 Å². The van der Waals surface area contributed by atoms with Crippen LogP contribution in [0.25, 0.3) is 0 Å². The SMILES string of the molecule is O=C(CN1CNC2CCC(N3CCN(S(=O)(=O)C4CCCC4)CC3)CC2C1=O)NCc1ccc(Cl)c(Cl)c1. The van der Waals surface area contributed by atoms with E-state index in [1.54, 1.807) is 27.4 Å². The molecular weight excluding hydrogens is 549 g/mol. The monoisotopic (exact) mass is 585 g/mol. The largest absolute Gasteiger partial charge is 0.350 e. The summed E-state index contributed by atoms with van der Waals surface area (Å²) < 4.78 is 27.7. The van der Waals surface area contributed by atoms with Gasteiger partial charge in [0.1, 0.15) is 6.54 Å². The summed E-state index contributed by atoms with van der Waals surface area (Å²) in [6, 6.07) is 5.59. The van der Waals surface area contributed by atoms with E-state index in [-0.39, 0.29) is 41.6 Å². The highest BCUT2D eigenvalue weighted by Crippen LogP contribution is 2.33. The Balaban J connectivity index is 1.11. The Morgan fingerprint density at radius 3 is 2.47 bits per heavy atom. The second kappa shape index (κ2) is 12.0. The van der Waals surface area contributed by atoms with Crippen LogP contribution in [0.15, 0.2) is 18.2 Å². The standard InChI is InChI=1S/C26H37Cl2N5O4S/c27-22-7-5-18(13-23(22)28)15-29-25(34)16-32-17-30-24-8-6-19(14-21(24)26(32)35)31-9-11-33(12-10-31)38(36,37)20-3-1-2-4-20/h5,7,13,19-21,24,30H,1-4,6,8-12,14-17H2,(H,29,34). The molecule has 2 saturated carbocycles. The average Bonchev–Trinajstić information content (AvgIpc) is 3.47. The van der Waals surface area contributed by atoms with Crippen LogP contribution < -0.4 is 10.6 Å². The fourth-order valence-corrected chi connectivity index (χ4v) is 8.81. The van der Waals surface area contributed by atoms with Crippen molar-refractivity contribution >= 4 is 45.0 Å². The van der Waals surface area contributed by atoms with Crippen molar-refractivity contribution in [2.75, 3.05) is 39.4 Å². The lowest BCUT2D eigenvalue weighted by Crippen LogP contribution is -2.62. The van der Waals surface area contributed by atoms with Crippen LogP contribution in [0.3, 0.4) is 0 Å². The van der Waals surface area contributed by atoms with Crippen molar-refractivity contribution in [3.8, 4) is 0 Å². The summed E-state index contributed by atoms with van der Waals surface area (Å²) in [5.41, 5.74) is 0.835. The molecule has 0 radical (unpaired) electrons. The molecule has 1 aromatic rings. The van der Waals surface area contributed by atoms with Crippen LogP contribution in [0.2, 0.25) is 10.0 Å². The molecule has 12 heteroatoms. The normalized spacial score (nSPS) is 27.9. The van der Waals surface area contributed by atoms with E-state index in [1.165, 1.54) is 0 Å². The quantitative estimate of drug-likeness (QED) is 0.509. The maximum atomic E-state index is 13.4. The summed E-state index contributed by atoms with van der Waals surface area (Å²) in [6.07, 6.45) is 6.20. The van der Waals surface area contributed by atoms with E-state index in [2.05, 4.69) is 15.5 Å². The Bertz CT molecular complexity index is 1140. The lowest BCUT2D eigenvalue weighted by Gasteiger charge is -2.47.